The predicted molar refractivity (Wildman–Crippen MR) is 99.7 cm³/mol. The van der Waals surface area contributed by atoms with Crippen LogP contribution in [0, 0.1) is 11.7 Å². The Morgan fingerprint density at radius 1 is 1.22 bits per heavy atom. The molecule has 142 valence electrons. The molecule has 1 aliphatic heterocycles. The van der Waals surface area contributed by atoms with Crippen LogP contribution in [-0.4, -0.2) is 42.4 Å². The summed E-state index contributed by atoms with van der Waals surface area (Å²) in [6.07, 6.45) is 8.40. The first-order valence-corrected chi connectivity index (χ1v) is 9.28. The molecule has 1 aliphatic rings. The first-order chi connectivity index (χ1) is 13.1. The van der Waals surface area contributed by atoms with Crippen molar-refractivity contribution in [3.8, 4) is 5.69 Å². The lowest BCUT2D eigenvalue weighted by Gasteiger charge is -2.34. The third-order valence-electron chi connectivity index (χ3n) is 5.39. The molecule has 27 heavy (non-hydrogen) atoms. The predicted octanol–water partition coefficient (Wildman–Crippen LogP) is 2.69. The van der Waals surface area contributed by atoms with Crippen molar-refractivity contribution >= 4 is 0 Å². The first-order valence-electron chi connectivity index (χ1n) is 9.28. The number of hydrogen-bond donors (Lipinski definition) is 1. The molecule has 0 aliphatic carbocycles. The van der Waals surface area contributed by atoms with Crippen LogP contribution in [0.4, 0.5) is 4.39 Å². The van der Waals surface area contributed by atoms with E-state index in [0.29, 0.717) is 6.54 Å². The van der Waals surface area contributed by atoms with E-state index in [-0.39, 0.29) is 11.7 Å². The smallest absolute Gasteiger partial charge is 0.137 e. The van der Waals surface area contributed by atoms with Gasteiger partial charge in [-0.05, 0) is 61.7 Å². The number of halogens is 1. The summed E-state index contributed by atoms with van der Waals surface area (Å²) < 4.78 is 17.5. The van der Waals surface area contributed by atoms with Crippen LogP contribution < -0.4 is 0 Å². The van der Waals surface area contributed by atoms with Crippen molar-refractivity contribution in [1.29, 1.82) is 0 Å². The van der Waals surface area contributed by atoms with Gasteiger partial charge in [-0.25, -0.2) is 14.1 Å². The van der Waals surface area contributed by atoms with Gasteiger partial charge in [0.05, 0.1) is 5.69 Å². The number of imidazole rings is 1. The lowest BCUT2D eigenvalue weighted by molar-refractivity contribution is 0.0492. The van der Waals surface area contributed by atoms with Crippen molar-refractivity contribution < 1.29 is 9.50 Å². The minimum atomic E-state index is -0.541. The van der Waals surface area contributed by atoms with Crippen LogP contribution >= 0.6 is 0 Å². The molecule has 1 aromatic carbocycles. The van der Waals surface area contributed by atoms with E-state index in [1.54, 1.807) is 29.2 Å². The van der Waals surface area contributed by atoms with Crippen molar-refractivity contribution in [1.82, 2.24) is 24.2 Å². The molecule has 2 aromatic heterocycles. The number of benzene rings is 1. The van der Waals surface area contributed by atoms with Crippen molar-refractivity contribution in [3.63, 3.8) is 0 Å². The second-order valence-electron chi connectivity index (χ2n) is 7.18. The van der Waals surface area contributed by atoms with E-state index in [4.69, 9.17) is 0 Å². The van der Waals surface area contributed by atoms with Crippen LogP contribution in [0.5, 0.6) is 0 Å². The number of nitrogens with zero attached hydrogens (tertiary/aromatic N) is 5. The number of hydrogen-bond acceptors (Lipinski definition) is 4. The average Bonchev–Trinajstić information content (AvgIpc) is 3.34. The van der Waals surface area contributed by atoms with E-state index in [9.17, 15) is 9.50 Å². The van der Waals surface area contributed by atoms with Gasteiger partial charge in [-0.2, -0.15) is 5.10 Å². The highest BCUT2D eigenvalue weighted by Crippen LogP contribution is 2.30. The Morgan fingerprint density at radius 3 is 2.70 bits per heavy atom. The molecule has 0 amide bonds. The Labute approximate surface area is 157 Å². The van der Waals surface area contributed by atoms with Gasteiger partial charge in [0.2, 0.25) is 0 Å². The number of aliphatic hydroxyl groups is 1. The van der Waals surface area contributed by atoms with Crippen molar-refractivity contribution in [2.45, 2.75) is 25.5 Å². The van der Waals surface area contributed by atoms with Crippen LogP contribution in [0.15, 0.2) is 49.1 Å². The van der Waals surface area contributed by atoms with Gasteiger partial charge in [0, 0.05) is 38.4 Å². The van der Waals surface area contributed by atoms with Gasteiger partial charge in [0.15, 0.2) is 0 Å². The average molecular weight is 369 g/mol. The number of aliphatic hydroxyl groups excluding tert-OH is 1. The molecule has 1 atom stereocenters. The zero-order valence-electron chi connectivity index (χ0n) is 15.4. The summed E-state index contributed by atoms with van der Waals surface area (Å²) in [6.45, 7) is 2.39. The number of piperidine rings is 1. The van der Waals surface area contributed by atoms with Gasteiger partial charge in [0.25, 0.3) is 0 Å². The highest BCUT2D eigenvalue weighted by molar-refractivity contribution is 5.40. The molecule has 7 heteroatoms. The molecule has 3 aromatic rings. The number of likely N-dealkylation sites (tertiary alicyclic amines) is 1. The summed E-state index contributed by atoms with van der Waals surface area (Å²) in [7, 11) is 1.90. The van der Waals surface area contributed by atoms with Crippen LogP contribution in [-0.2, 0) is 13.6 Å². The van der Waals surface area contributed by atoms with Gasteiger partial charge in [-0.1, -0.05) is 0 Å². The van der Waals surface area contributed by atoms with Gasteiger partial charge in [-0.3, -0.25) is 4.90 Å². The monoisotopic (exact) mass is 369 g/mol. The molecule has 1 unspecified atom stereocenters. The van der Waals surface area contributed by atoms with Gasteiger partial charge >= 0.3 is 0 Å². The SMILES string of the molecule is Cn1ccnc1C(O)C1CCN(Cc2cc(F)ccc2-n2cccn2)CC1. The highest BCUT2D eigenvalue weighted by Gasteiger charge is 2.28. The molecular formula is C20H24FN5O. The second kappa shape index (κ2) is 7.62. The van der Waals surface area contributed by atoms with E-state index < -0.39 is 6.10 Å². The second-order valence-corrected chi connectivity index (χ2v) is 7.18. The summed E-state index contributed by atoms with van der Waals surface area (Å²) in [4.78, 5) is 6.58. The van der Waals surface area contributed by atoms with Crippen molar-refractivity contribution in [3.05, 3.63) is 66.3 Å². The molecule has 4 rings (SSSR count). The summed E-state index contributed by atoms with van der Waals surface area (Å²) >= 11 is 0. The normalized spacial score (nSPS) is 17.3. The largest absolute Gasteiger partial charge is 0.385 e. The third-order valence-corrected chi connectivity index (χ3v) is 5.39. The summed E-state index contributed by atoms with van der Waals surface area (Å²) in [6, 6.07) is 6.69. The van der Waals surface area contributed by atoms with Crippen LogP contribution in [0.1, 0.15) is 30.3 Å². The minimum absolute atomic E-state index is 0.195. The quantitative estimate of drug-likeness (QED) is 0.751. The number of aryl methyl sites for hydroxylation is 1. The Hall–Kier alpha value is -2.51. The number of rotatable bonds is 5. The molecule has 0 radical (unpaired) electrons. The molecule has 0 bridgehead atoms. The Kier molecular flexibility index (Phi) is 5.05. The first kappa shape index (κ1) is 17.9. The topological polar surface area (TPSA) is 59.1 Å². The maximum absolute atomic E-state index is 13.8. The highest BCUT2D eigenvalue weighted by atomic mass is 19.1. The molecule has 1 saturated heterocycles. The summed E-state index contributed by atoms with van der Waals surface area (Å²) in [5, 5.41) is 14.9. The Balaban J connectivity index is 1.43. The molecule has 0 saturated carbocycles. The van der Waals surface area contributed by atoms with Gasteiger partial charge in [-0.15, -0.1) is 0 Å². The fourth-order valence-electron chi connectivity index (χ4n) is 3.86. The fraction of sp³-hybridized carbons (Fsp3) is 0.400. The molecule has 6 nitrogen and oxygen atoms in total. The minimum Gasteiger partial charge on any atom is -0.385 e. The van der Waals surface area contributed by atoms with E-state index in [1.807, 2.05) is 30.1 Å². The lowest BCUT2D eigenvalue weighted by atomic mass is 9.90. The number of aromatic nitrogens is 4. The summed E-state index contributed by atoms with van der Waals surface area (Å²) in [5.74, 6) is 0.681. The standard InChI is InChI=1S/C20H24FN5O/c1-24-12-8-22-20(24)19(27)15-5-10-25(11-6-15)14-16-13-17(21)3-4-18(16)26-9-2-7-23-26/h2-4,7-9,12-13,15,19,27H,5-6,10-11,14H2,1H3. The molecule has 3 heterocycles. The zero-order chi connectivity index (χ0) is 18.8. The van der Waals surface area contributed by atoms with Gasteiger partial charge < -0.3 is 9.67 Å². The summed E-state index contributed by atoms with van der Waals surface area (Å²) in [5.41, 5.74) is 1.82. The maximum atomic E-state index is 13.8. The molecular weight excluding hydrogens is 345 g/mol. The molecule has 1 N–H and O–H groups in total. The third kappa shape index (κ3) is 3.79. The van der Waals surface area contributed by atoms with Crippen LogP contribution in [0.2, 0.25) is 0 Å². The van der Waals surface area contributed by atoms with E-state index in [1.165, 1.54) is 6.07 Å². The van der Waals surface area contributed by atoms with E-state index >= 15 is 0 Å². The van der Waals surface area contributed by atoms with Crippen LogP contribution in [0.25, 0.3) is 5.69 Å². The van der Waals surface area contributed by atoms with Gasteiger partial charge in [0.1, 0.15) is 17.7 Å². The molecule has 1 fully saturated rings. The molecule has 0 spiro atoms. The Bertz CT molecular complexity index is 884. The zero-order valence-corrected chi connectivity index (χ0v) is 15.4. The fourth-order valence-corrected chi connectivity index (χ4v) is 3.86. The lowest BCUT2D eigenvalue weighted by Crippen LogP contribution is -2.36. The van der Waals surface area contributed by atoms with Crippen molar-refractivity contribution in [2.75, 3.05) is 13.1 Å². The Morgan fingerprint density at radius 2 is 2.04 bits per heavy atom. The maximum Gasteiger partial charge on any atom is 0.137 e. The van der Waals surface area contributed by atoms with E-state index in [0.717, 1.165) is 43.0 Å². The van der Waals surface area contributed by atoms with E-state index in [2.05, 4.69) is 15.0 Å². The van der Waals surface area contributed by atoms with Crippen LogP contribution in [0.3, 0.4) is 0 Å². The van der Waals surface area contributed by atoms with Crippen molar-refractivity contribution in [2.24, 2.45) is 13.0 Å².